The van der Waals surface area contributed by atoms with Gasteiger partial charge in [-0.05, 0) is 49.4 Å². The van der Waals surface area contributed by atoms with Crippen LogP contribution in [0.3, 0.4) is 0 Å². The number of hydrogen-bond acceptors (Lipinski definition) is 5. The SMILES string of the molecule is Cc1c(N(C)S(=O)(=O)c2cc(C(=O)Nc3ccccn3)ccc2Cl)c(=O)n(-c2ccccc2)n1C. The lowest BCUT2D eigenvalue weighted by molar-refractivity contribution is 0.102. The van der Waals surface area contributed by atoms with Crippen molar-refractivity contribution in [3.8, 4) is 5.69 Å². The summed E-state index contributed by atoms with van der Waals surface area (Å²) in [6.07, 6.45) is 1.52. The molecule has 0 aliphatic rings. The second-order valence-corrected chi connectivity index (χ2v) is 10.0. The fraction of sp³-hybridized carbons (Fsp3) is 0.125. The standard InChI is InChI=1S/C24H22ClN5O4S/c1-16-22(24(32)30(28(16)2)18-9-5-4-6-10-18)29(3)35(33,34)20-15-17(12-13-19(20)25)23(31)27-21-11-7-8-14-26-21/h4-15H,1-3H3,(H,26,27,31). The summed E-state index contributed by atoms with van der Waals surface area (Å²) < 4.78 is 31.0. The Labute approximate surface area is 207 Å². The number of carbonyl (C=O) groups excluding carboxylic acids is 1. The quantitative estimate of drug-likeness (QED) is 0.425. The lowest BCUT2D eigenvalue weighted by Gasteiger charge is -2.19. The van der Waals surface area contributed by atoms with Crippen LogP contribution in [0.1, 0.15) is 16.1 Å². The van der Waals surface area contributed by atoms with Gasteiger partial charge in [0.25, 0.3) is 21.5 Å². The molecule has 0 saturated carbocycles. The summed E-state index contributed by atoms with van der Waals surface area (Å²) in [6, 6.07) is 17.8. The Hall–Kier alpha value is -3.89. The van der Waals surface area contributed by atoms with Gasteiger partial charge in [0, 0.05) is 25.9 Å². The smallest absolute Gasteiger partial charge is 0.296 e. The first-order valence-electron chi connectivity index (χ1n) is 10.5. The van der Waals surface area contributed by atoms with Gasteiger partial charge in [-0.3, -0.25) is 18.6 Å². The molecular weight excluding hydrogens is 490 g/mol. The molecular formula is C24H22ClN5O4S. The van der Waals surface area contributed by atoms with Gasteiger partial charge >= 0.3 is 0 Å². The molecule has 0 aliphatic carbocycles. The van der Waals surface area contributed by atoms with Crippen molar-refractivity contribution in [2.45, 2.75) is 11.8 Å². The van der Waals surface area contributed by atoms with Crippen molar-refractivity contribution < 1.29 is 13.2 Å². The Morgan fingerprint density at radius 1 is 1.06 bits per heavy atom. The number of amides is 1. The Morgan fingerprint density at radius 2 is 1.74 bits per heavy atom. The molecule has 1 N–H and O–H groups in total. The topological polar surface area (TPSA) is 106 Å². The molecule has 2 heterocycles. The molecule has 4 rings (SSSR count). The van der Waals surface area contributed by atoms with Crippen molar-refractivity contribution in [1.82, 2.24) is 14.3 Å². The summed E-state index contributed by atoms with van der Waals surface area (Å²) in [5.41, 5.74) is 0.549. The van der Waals surface area contributed by atoms with Crippen LogP contribution in [0.25, 0.3) is 5.69 Å². The van der Waals surface area contributed by atoms with Gasteiger partial charge in [-0.15, -0.1) is 0 Å². The summed E-state index contributed by atoms with van der Waals surface area (Å²) in [7, 11) is -1.35. The van der Waals surface area contributed by atoms with E-state index in [-0.39, 0.29) is 21.2 Å². The average molecular weight is 512 g/mol. The number of halogens is 1. The van der Waals surface area contributed by atoms with Gasteiger partial charge in [0.05, 0.1) is 16.4 Å². The fourth-order valence-electron chi connectivity index (χ4n) is 3.65. The molecule has 0 spiro atoms. The first-order valence-corrected chi connectivity index (χ1v) is 12.3. The number of nitrogens with zero attached hydrogens (tertiary/aromatic N) is 4. The maximum absolute atomic E-state index is 13.6. The van der Waals surface area contributed by atoms with E-state index in [1.807, 2.05) is 6.07 Å². The van der Waals surface area contributed by atoms with Crippen LogP contribution in [0.5, 0.6) is 0 Å². The number of pyridine rings is 1. The molecule has 9 nitrogen and oxygen atoms in total. The van der Waals surface area contributed by atoms with Crippen molar-refractivity contribution in [3.63, 3.8) is 0 Å². The van der Waals surface area contributed by atoms with E-state index in [1.54, 1.807) is 61.1 Å². The van der Waals surface area contributed by atoms with E-state index in [2.05, 4.69) is 10.3 Å². The summed E-state index contributed by atoms with van der Waals surface area (Å²) in [4.78, 5) is 29.8. The number of aromatic nitrogens is 3. The summed E-state index contributed by atoms with van der Waals surface area (Å²) in [5, 5.41) is 2.53. The zero-order chi connectivity index (χ0) is 25.3. The highest BCUT2D eigenvalue weighted by atomic mass is 35.5. The van der Waals surface area contributed by atoms with Crippen LogP contribution >= 0.6 is 11.6 Å². The molecule has 4 aromatic rings. The molecule has 1 amide bonds. The zero-order valence-electron chi connectivity index (χ0n) is 19.1. The summed E-state index contributed by atoms with van der Waals surface area (Å²) in [6.45, 7) is 1.65. The molecule has 0 unspecified atom stereocenters. The van der Waals surface area contributed by atoms with Gasteiger partial charge in [-0.2, -0.15) is 0 Å². The fourth-order valence-corrected chi connectivity index (χ4v) is 5.40. The lowest BCUT2D eigenvalue weighted by Crippen LogP contribution is -2.32. The molecule has 0 saturated heterocycles. The molecule has 11 heteroatoms. The lowest BCUT2D eigenvalue weighted by atomic mass is 10.2. The van der Waals surface area contributed by atoms with Crippen LogP contribution in [-0.2, 0) is 17.1 Å². The minimum atomic E-state index is -4.30. The number of sulfonamides is 1. The average Bonchev–Trinajstić information content (AvgIpc) is 3.07. The molecule has 35 heavy (non-hydrogen) atoms. The van der Waals surface area contributed by atoms with Crippen LogP contribution in [0, 0.1) is 6.92 Å². The summed E-state index contributed by atoms with van der Waals surface area (Å²) >= 11 is 6.25. The Morgan fingerprint density at radius 3 is 2.40 bits per heavy atom. The minimum Gasteiger partial charge on any atom is -0.307 e. The molecule has 0 atom stereocenters. The second kappa shape index (κ2) is 9.40. The van der Waals surface area contributed by atoms with E-state index >= 15 is 0 Å². The van der Waals surface area contributed by atoms with Gasteiger partial charge in [0.2, 0.25) is 0 Å². The number of carbonyl (C=O) groups is 1. The van der Waals surface area contributed by atoms with Gasteiger partial charge in [-0.1, -0.05) is 35.9 Å². The minimum absolute atomic E-state index is 0.0317. The van der Waals surface area contributed by atoms with Crippen LogP contribution in [-0.4, -0.2) is 35.7 Å². The maximum atomic E-state index is 13.6. The van der Waals surface area contributed by atoms with Crippen LogP contribution in [0.15, 0.2) is 82.6 Å². The van der Waals surface area contributed by atoms with Gasteiger partial charge < -0.3 is 5.32 Å². The highest BCUT2D eigenvalue weighted by Crippen LogP contribution is 2.29. The van der Waals surface area contributed by atoms with E-state index in [9.17, 15) is 18.0 Å². The third-order valence-corrected chi connectivity index (χ3v) is 7.82. The van der Waals surface area contributed by atoms with E-state index in [0.717, 1.165) is 4.31 Å². The van der Waals surface area contributed by atoms with Crippen LogP contribution in [0.4, 0.5) is 11.5 Å². The van der Waals surface area contributed by atoms with E-state index in [1.165, 1.54) is 36.1 Å². The molecule has 2 aromatic carbocycles. The van der Waals surface area contributed by atoms with E-state index < -0.39 is 21.5 Å². The largest absolute Gasteiger partial charge is 0.307 e. The van der Waals surface area contributed by atoms with E-state index in [0.29, 0.717) is 17.2 Å². The molecule has 0 radical (unpaired) electrons. The predicted octanol–water partition coefficient (Wildman–Crippen LogP) is 3.61. The Bertz CT molecular complexity index is 1560. The monoisotopic (exact) mass is 511 g/mol. The van der Waals surface area contributed by atoms with Crippen molar-refractivity contribution in [1.29, 1.82) is 0 Å². The van der Waals surface area contributed by atoms with E-state index in [4.69, 9.17) is 11.6 Å². The molecule has 2 aromatic heterocycles. The Balaban J connectivity index is 1.75. The second-order valence-electron chi connectivity index (χ2n) is 7.70. The van der Waals surface area contributed by atoms with Crippen molar-refractivity contribution in [2.24, 2.45) is 7.05 Å². The first kappa shape index (κ1) is 24.2. The predicted molar refractivity (Wildman–Crippen MR) is 135 cm³/mol. The number of nitrogens with one attached hydrogen (secondary N) is 1. The molecule has 180 valence electrons. The number of para-hydroxylation sites is 1. The number of anilines is 2. The number of hydrogen-bond donors (Lipinski definition) is 1. The summed E-state index contributed by atoms with van der Waals surface area (Å²) in [5.74, 6) is -0.239. The first-order chi connectivity index (χ1) is 16.6. The van der Waals surface area contributed by atoms with Gasteiger partial charge in [0.1, 0.15) is 16.4 Å². The third kappa shape index (κ3) is 4.45. The third-order valence-electron chi connectivity index (χ3n) is 5.58. The highest BCUT2D eigenvalue weighted by Gasteiger charge is 2.31. The van der Waals surface area contributed by atoms with Gasteiger partial charge in [0.15, 0.2) is 0 Å². The van der Waals surface area contributed by atoms with Crippen molar-refractivity contribution in [3.05, 3.63) is 99.6 Å². The number of benzene rings is 2. The van der Waals surface area contributed by atoms with Crippen LogP contribution < -0.4 is 15.2 Å². The van der Waals surface area contributed by atoms with Crippen molar-refractivity contribution in [2.75, 3.05) is 16.7 Å². The molecule has 0 fully saturated rings. The van der Waals surface area contributed by atoms with Crippen LogP contribution in [0.2, 0.25) is 5.02 Å². The molecule has 0 aliphatic heterocycles. The zero-order valence-corrected chi connectivity index (χ0v) is 20.7. The number of rotatable bonds is 6. The normalized spacial score (nSPS) is 11.3. The van der Waals surface area contributed by atoms with Gasteiger partial charge in [-0.25, -0.2) is 18.1 Å². The Kier molecular flexibility index (Phi) is 6.51. The highest BCUT2D eigenvalue weighted by molar-refractivity contribution is 7.93. The molecule has 0 bridgehead atoms. The van der Waals surface area contributed by atoms with Crippen molar-refractivity contribution >= 4 is 39.0 Å². The maximum Gasteiger partial charge on any atom is 0.296 e.